The van der Waals surface area contributed by atoms with Gasteiger partial charge in [0.15, 0.2) is 11.6 Å². The second-order valence-corrected chi connectivity index (χ2v) is 9.62. The number of ether oxygens (including phenoxy) is 3. The summed E-state index contributed by atoms with van der Waals surface area (Å²) in [6, 6.07) is 27.4. The first-order valence-electron chi connectivity index (χ1n) is 13.4. The largest absolute Gasteiger partial charge is 0.494 e. The van der Waals surface area contributed by atoms with Crippen LogP contribution in [0.1, 0.15) is 35.6 Å². The molecule has 202 valence electrons. The van der Waals surface area contributed by atoms with Gasteiger partial charge in [0, 0.05) is 38.1 Å². The molecule has 2 heterocycles. The minimum absolute atomic E-state index is 0.0590. The van der Waals surface area contributed by atoms with E-state index < -0.39 is 11.6 Å². The Morgan fingerprint density at radius 3 is 2.38 bits per heavy atom. The van der Waals surface area contributed by atoms with Crippen LogP contribution in [0.4, 0.5) is 0 Å². The van der Waals surface area contributed by atoms with Crippen molar-refractivity contribution in [3.05, 3.63) is 108 Å². The maximum atomic E-state index is 14.3. The number of benzene rings is 3. The molecule has 0 radical (unpaired) electrons. The van der Waals surface area contributed by atoms with Gasteiger partial charge in [0.05, 0.1) is 19.8 Å². The summed E-state index contributed by atoms with van der Waals surface area (Å²) in [6.07, 6.45) is 4.41. The number of carbonyl (C=O) groups excluding carboxylic acids is 1. The zero-order chi connectivity index (χ0) is 26.9. The fraction of sp³-hybridized carbons (Fsp3) is 0.312. The molecule has 2 atom stereocenters. The Kier molecular flexibility index (Phi) is 8.71. The molecule has 5 rings (SSSR count). The molecule has 0 aromatic heterocycles. The normalized spacial score (nSPS) is 21.0. The van der Waals surface area contributed by atoms with Gasteiger partial charge in [0.25, 0.3) is 5.91 Å². The number of aliphatic imine (C=N–C) groups is 1. The Labute approximate surface area is 229 Å². The summed E-state index contributed by atoms with van der Waals surface area (Å²) in [4.78, 5) is 21.3. The van der Waals surface area contributed by atoms with E-state index in [9.17, 15) is 4.79 Å². The Bertz CT molecular complexity index is 1270. The summed E-state index contributed by atoms with van der Waals surface area (Å²) in [5.74, 6) is 1.07. The van der Waals surface area contributed by atoms with E-state index in [2.05, 4.69) is 0 Å². The first kappa shape index (κ1) is 26.7. The van der Waals surface area contributed by atoms with Crippen LogP contribution in [0.5, 0.6) is 5.75 Å². The number of morpholine rings is 1. The van der Waals surface area contributed by atoms with Crippen molar-refractivity contribution in [1.29, 1.82) is 0 Å². The van der Waals surface area contributed by atoms with E-state index in [4.69, 9.17) is 24.3 Å². The Hall–Kier alpha value is -3.94. The molecule has 2 aliphatic heterocycles. The summed E-state index contributed by atoms with van der Waals surface area (Å²) < 4.78 is 17.8. The summed E-state index contributed by atoms with van der Waals surface area (Å²) >= 11 is 0. The molecular weight excluding hydrogens is 492 g/mol. The minimum atomic E-state index is -1.17. The van der Waals surface area contributed by atoms with Crippen molar-refractivity contribution < 1.29 is 24.1 Å². The van der Waals surface area contributed by atoms with Gasteiger partial charge < -0.3 is 24.2 Å². The SMILES string of the molecule is O=C(N1CCOCC1)[C@]1(C/C=C/c2ccccc2)N=C(c2ccc(OCCCO)cc2)O[C@@H]1c1ccccc1. The molecule has 7 nitrogen and oxygen atoms in total. The smallest absolute Gasteiger partial charge is 0.255 e. The first-order valence-corrected chi connectivity index (χ1v) is 13.4. The molecule has 0 saturated carbocycles. The predicted molar refractivity (Wildman–Crippen MR) is 151 cm³/mol. The molecule has 1 amide bonds. The molecule has 0 spiro atoms. The first-order chi connectivity index (χ1) is 19.2. The van der Waals surface area contributed by atoms with Crippen molar-refractivity contribution in [3.63, 3.8) is 0 Å². The summed E-state index contributed by atoms with van der Waals surface area (Å²) in [5, 5.41) is 9.01. The third-order valence-electron chi connectivity index (χ3n) is 6.95. The van der Waals surface area contributed by atoms with E-state index in [-0.39, 0.29) is 12.5 Å². The van der Waals surface area contributed by atoms with Crippen LogP contribution in [0, 0.1) is 0 Å². The van der Waals surface area contributed by atoms with Crippen LogP contribution in [-0.2, 0) is 14.3 Å². The number of hydrogen-bond acceptors (Lipinski definition) is 6. The number of nitrogens with zero attached hydrogens (tertiary/aromatic N) is 2. The molecule has 0 unspecified atom stereocenters. The van der Waals surface area contributed by atoms with Gasteiger partial charge >= 0.3 is 0 Å². The van der Waals surface area contributed by atoms with E-state index in [0.29, 0.717) is 57.4 Å². The number of aliphatic hydroxyl groups excluding tert-OH is 1. The summed E-state index contributed by atoms with van der Waals surface area (Å²) in [6.45, 7) is 2.58. The minimum Gasteiger partial charge on any atom is -0.494 e. The van der Waals surface area contributed by atoms with Crippen LogP contribution in [0.25, 0.3) is 6.08 Å². The number of aliphatic hydroxyl groups is 1. The average Bonchev–Trinajstić information content (AvgIpc) is 3.39. The quantitative estimate of drug-likeness (QED) is 0.389. The third-order valence-corrected chi connectivity index (χ3v) is 6.95. The lowest BCUT2D eigenvalue weighted by Crippen LogP contribution is -2.53. The summed E-state index contributed by atoms with van der Waals surface area (Å²) in [7, 11) is 0. The van der Waals surface area contributed by atoms with Crippen LogP contribution in [0.3, 0.4) is 0 Å². The van der Waals surface area contributed by atoms with Crippen LogP contribution in [0.2, 0.25) is 0 Å². The molecule has 0 bridgehead atoms. The lowest BCUT2D eigenvalue weighted by Gasteiger charge is -2.36. The van der Waals surface area contributed by atoms with Gasteiger partial charge in [0.1, 0.15) is 5.75 Å². The molecule has 1 N–H and O–H groups in total. The molecule has 3 aromatic rings. The van der Waals surface area contributed by atoms with Crippen LogP contribution >= 0.6 is 0 Å². The molecule has 2 aliphatic rings. The second kappa shape index (κ2) is 12.7. The number of rotatable bonds is 10. The van der Waals surface area contributed by atoms with Crippen LogP contribution < -0.4 is 4.74 Å². The summed E-state index contributed by atoms with van der Waals surface area (Å²) in [5.41, 5.74) is 1.56. The van der Waals surface area contributed by atoms with E-state index in [1.165, 1.54) is 0 Å². The van der Waals surface area contributed by atoms with Gasteiger partial charge in [-0.1, -0.05) is 72.8 Å². The van der Waals surface area contributed by atoms with Crippen molar-refractivity contribution in [2.24, 2.45) is 4.99 Å². The Balaban J connectivity index is 1.52. The van der Waals surface area contributed by atoms with Crippen molar-refractivity contribution >= 4 is 17.9 Å². The molecule has 1 saturated heterocycles. The van der Waals surface area contributed by atoms with Gasteiger partial charge in [0.2, 0.25) is 5.90 Å². The maximum Gasteiger partial charge on any atom is 0.255 e. The zero-order valence-electron chi connectivity index (χ0n) is 21.9. The lowest BCUT2D eigenvalue weighted by molar-refractivity contribution is -0.143. The van der Waals surface area contributed by atoms with E-state index >= 15 is 0 Å². The molecular formula is C32H34N2O5. The lowest BCUT2D eigenvalue weighted by atomic mass is 9.83. The van der Waals surface area contributed by atoms with Gasteiger partial charge in [-0.2, -0.15) is 0 Å². The zero-order valence-corrected chi connectivity index (χ0v) is 21.9. The average molecular weight is 527 g/mol. The van der Waals surface area contributed by atoms with E-state index in [1.807, 2.05) is 102 Å². The number of hydrogen-bond donors (Lipinski definition) is 1. The topological polar surface area (TPSA) is 80.6 Å². The Morgan fingerprint density at radius 1 is 1.00 bits per heavy atom. The molecule has 39 heavy (non-hydrogen) atoms. The molecule has 1 fully saturated rings. The highest BCUT2D eigenvalue weighted by Gasteiger charge is 2.54. The third kappa shape index (κ3) is 6.21. The van der Waals surface area contributed by atoms with Crippen molar-refractivity contribution in [1.82, 2.24) is 4.90 Å². The fourth-order valence-electron chi connectivity index (χ4n) is 4.91. The van der Waals surface area contributed by atoms with Crippen molar-refractivity contribution in [3.8, 4) is 5.75 Å². The highest BCUT2D eigenvalue weighted by molar-refractivity contribution is 6.01. The highest BCUT2D eigenvalue weighted by atomic mass is 16.5. The highest BCUT2D eigenvalue weighted by Crippen LogP contribution is 2.44. The van der Waals surface area contributed by atoms with Crippen molar-refractivity contribution in [2.75, 3.05) is 39.5 Å². The maximum absolute atomic E-state index is 14.3. The fourth-order valence-corrected chi connectivity index (χ4v) is 4.91. The van der Waals surface area contributed by atoms with Gasteiger partial charge in [-0.25, -0.2) is 4.99 Å². The number of carbonyl (C=O) groups is 1. The van der Waals surface area contributed by atoms with Gasteiger partial charge in [-0.3, -0.25) is 4.79 Å². The molecule has 3 aromatic carbocycles. The molecule has 7 heteroatoms. The molecule has 0 aliphatic carbocycles. The van der Waals surface area contributed by atoms with E-state index in [1.54, 1.807) is 0 Å². The van der Waals surface area contributed by atoms with Crippen LogP contribution in [-0.4, -0.2) is 66.9 Å². The standard InChI is InChI=1S/C32H34N2O5/c35-21-8-22-38-28-16-14-27(15-17-28)30-33-32(31(36)34-19-23-37-24-20-34,18-7-11-25-9-3-1-4-10-25)29(39-30)26-12-5-2-6-13-26/h1-7,9-17,29,35H,8,18-24H2/b11-7+/t29-,32-/m1/s1. The monoisotopic (exact) mass is 526 g/mol. The van der Waals surface area contributed by atoms with Gasteiger partial charge in [-0.05, 0) is 35.4 Å². The van der Waals surface area contributed by atoms with Crippen LogP contribution in [0.15, 0.2) is 96.0 Å². The van der Waals surface area contributed by atoms with Gasteiger partial charge in [-0.15, -0.1) is 0 Å². The van der Waals surface area contributed by atoms with E-state index in [0.717, 1.165) is 16.7 Å². The predicted octanol–water partition coefficient (Wildman–Crippen LogP) is 4.67. The van der Waals surface area contributed by atoms with Crippen molar-refractivity contribution in [2.45, 2.75) is 24.5 Å². The number of amides is 1. The Morgan fingerprint density at radius 2 is 1.69 bits per heavy atom. The second-order valence-electron chi connectivity index (χ2n) is 9.62.